The Labute approximate surface area is 156 Å². The minimum atomic E-state index is -0.748. The first-order chi connectivity index (χ1) is 12.6. The predicted molar refractivity (Wildman–Crippen MR) is 102 cm³/mol. The van der Waals surface area contributed by atoms with Crippen LogP contribution in [0.2, 0.25) is 0 Å². The average molecular weight is 367 g/mol. The highest BCUT2D eigenvalue weighted by Gasteiger charge is 2.37. The summed E-state index contributed by atoms with van der Waals surface area (Å²) in [4.78, 5) is 23.1. The van der Waals surface area contributed by atoms with Gasteiger partial charge in [-0.1, -0.05) is 18.6 Å². The van der Waals surface area contributed by atoms with Crippen LogP contribution in [0, 0.1) is 6.92 Å². The Kier molecular flexibility index (Phi) is 4.70. The van der Waals surface area contributed by atoms with E-state index in [-0.39, 0.29) is 6.04 Å². The van der Waals surface area contributed by atoms with Crippen LogP contribution in [0.1, 0.15) is 41.4 Å². The summed E-state index contributed by atoms with van der Waals surface area (Å²) in [5.74, 6) is -0.748. The number of carbonyl (C=O) groups is 1. The molecule has 0 aliphatic carbocycles. The number of hydrogen-bond donors (Lipinski definition) is 1. The van der Waals surface area contributed by atoms with E-state index in [0.29, 0.717) is 6.42 Å². The molecule has 1 aliphatic rings. The van der Waals surface area contributed by atoms with Crippen molar-refractivity contribution in [3.8, 4) is 0 Å². The summed E-state index contributed by atoms with van der Waals surface area (Å²) in [6.07, 6.45) is 6.27. The molecule has 5 nitrogen and oxygen atoms in total. The SMILES string of the molecule is Cc1cnccc1C(c1nc2ccccc2s1)N1CCCCC1C(=O)O. The fourth-order valence-electron chi connectivity index (χ4n) is 3.78. The molecule has 1 aliphatic heterocycles. The van der Waals surface area contributed by atoms with Crippen molar-refractivity contribution in [3.05, 3.63) is 58.9 Å². The van der Waals surface area contributed by atoms with Gasteiger partial charge in [-0.25, -0.2) is 4.98 Å². The lowest BCUT2D eigenvalue weighted by molar-refractivity contribution is -0.145. The van der Waals surface area contributed by atoms with Crippen LogP contribution in [0.5, 0.6) is 0 Å². The molecule has 26 heavy (non-hydrogen) atoms. The summed E-state index contributed by atoms with van der Waals surface area (Å²) in [5, 5.41) is 10.7. The first kappa shape index (κ1) is 17.1. The van der Waals surface area contributed by atoms with Crippen molar-refractivity contribution in [2.75, 3.05) is 6.54 Å². The number of piperidine rings is 1. The second-order valence-corrected chi connectivity index (χ2v) is 7.80. The molecule has 0 saturated carbocycles. The number of fused-ring (bicyclic) bond motifs is 1. The molecule has 0 amide bonds. The fourth-order valence-corrected chi connectivity index (χ4v) is 4.89. The molecule has 3 heterocycles. The molecule has 2 unspecified atom stereocenters. The number of nitrogens with zero attached hydrogens (tertiary/aromatic N) is 3. The first-order valence-electron chi connectivity index (χ1n) is 8.89. The Hall–Kier alpha value is -2.31. The summed E-state index contributed by atoms with van der Waals surface area (Å²) < 4.78 is 1.13. The lowest BCUT2D eigenvalue weighted by Gasteiger charge is -2.38. The summed E-state index contributed by atoms with van der Waals surface area (Å²) >= 11 is 1.65. The number of pyridine rings is 1. The number of benzene rings is 1. The van der Waals surface area contributed by atoms with Gasteiger partial charge in [0.2, 0.25) is 0 Å². The lowest BCUT2D eigenvalue weighted by Crippen LogP contribution is -2.47. The average Bonchev–Trinajstić information content (AvgIpc) is 3.07. The Morgan fingerprint density at radius 2 is 2.15 bits per heavy atom. The van der Waals surface area contributed by atoms with Gasteiger partial charge in [-0.05, 0) is 49.1 Å². The van der Waals surface area contributed by atoms with E-state index in [9.17, 15) is 9.90 Å². The van der Waals surface area contributed by atoms with Crippen LogP contribution in [0.3, 0.4) is 0 Å². The molecule has 1 saturated heterocycles. The van der Waals surface area contributed by atoms with Crippen molar-refractivity contribution < 1.29 is 9.90 Å². The van der Waals surface area contributed by atoms with Crippen LogP contribution in [0.15, 0.2) is 42.7 Å². The van der Waals surface area contributed by atoms with Gasteiger partial charge in [-0.3, -0.25) is 14.7 Å². The molecule has 0 bridgehead atoms. The number of aromatic nitrogens is 2. The Bertz CT molecular complexity index is 906. The standard InChI is InChI=1S/C20H21N3O2S/c1-13-12-21-10-9-14(13)18(23-11-5-4-7-16(23)20(24)25)19-22-15-6-2-3-8-17(15)26-19/h2-3,6,8-10,12,16,18H,4-5,7,11H2,1H3,(H,24,25). The monoisotopic (exact) mass is 367 g/mol. The third-order valence-electron chi connectivity index (χ3n) is 5.06. The van der Waals surface area contributed by atoms with E-state index in [1.54, 1.807) is 17.5 Å². The van der Waals surface area contributed by atoms with Crippen molar-refractivity contribution in [2.24, 2.45) is 0 Å². The van der Waals surface area contributed by atoms with E-state index >= 15 is 0 Å². The zero-order valence-electron chi connectivity index (χ0n) is 14.6. The topological polar surface area (TPSA) is 66.3 Å². The molecule has 1 N–H and O–H groups in total. The van der Waals surface area contributed by atoms with E-state index in [1.165, 1.54) is 0 Å². The van der Waals surface area contributed by atoms with Gasteiger partial charge in [0.05, 0.1) is 16.3 Å². The highest BCUT2D eigenvalue weighted by Crippen LogP contribution is 2.38. The molecular weight excluding hydrogens is 346 g/mol. The van der Waals surface area contributed by atoms with Gasteiger partial charge >= 0.3 is 5.97 Å². The Morgan fingerprint density at radius 3 is 2.92 bits per heavy atom. The van der Waals surface area contributed by atoms with E-state index < -0.39 is 12.0 Å². The van der Waals surface area contributed by atoms with E-state index in [1.807, 2.05) is 37.4 Å². The zero-order chi connectivity index (χ0) is 18.1. The molecule has 2 aromatic heterocycles. The molecule has 6 heteroatoms. The number of aryl methyl sites for hydroxylation is 1. The maximum absolute atomic E-state index is 11.9. The number of carboxylic acids is 1. The molecule has 0 spiro atoms. The highest BCUT2D eigenvalue weighted by molar-refractivity contribution is 7.18. The molecule has 0 radical (unpaired) electrons. The van der Waals surface area contributed by atoms with Gasteiger partial charge in [-0.15, -0.1) is 11.3 Å². The molecule has 3 aromatic rings. The Morgan fingerprint density at radius 1 is 1.31 bits per heavy atom. The van der Waals surface area contributed by atoms with Gasteiger partial charge in [0.1, 0.15) is 11.0 Å². The van der Waals surface area contributed by atoms with Gasteiger partial charge in [-0.2, -0.15) is 0 Å². The van der Waals surface area contributed by atoms with Crippen molar-refractivity contribution in [1.82, 2.24) is 14.9 Å². The molecule has 1 aromatic carbocycles. The summed E-state index contributed by atoms with van der Waals surface area (Å²) in [6, 6.07) is 9.44. The molecule has 2 atom stereocenters. The normalized spacial score (nSPS) is 19.5. The summed E-state index contributed by atoms with van der Waals surface area (Å²) in [6.45, 7) is 2.79. The second kappa shape index (κ2) is 7.13. The minimum Gasteiger partial charge on any atom is -0.480 e. The van der Waals surface area contributed by atoms with Crippen LogP contribution in [0.25, 0.3) is 10.2 Å². The largest absolute Gasteiger partial charge is 0.480 e. The van der Waals surface area contributed by atoms with Crippen molar-refractivity contribution in [3.63, 3.8) is 0 Å². The van der Waals surface area contributed by atoms with Crippen molar-refractivity contribution >= 4 is 27.5 Å². The molecule has 4 rings (SSSR count). The number of carboxylic acid groups (broad SMARTS) is 1. The van der Waals surface area contributed by atoms with E-state index in [4.69, 9.17) is 4.98 Å². The van der Waals surface area contributed by atoms with Crippen LogP contribution >= 0.6 is 11.3 Å². The van der Waals surface area contributed by atoms with E-state index in [2.05, 4.69) is 16.0 Å². The molecular formula is C20H21N3O2S. The Balaban J connectivity index is 1.86. The summed E-state index contributed by atoms with van der Waals surface area (Å²) in [7, 11) is 0. The van der Waals surface area contributed by atoms with Crippen molar-refractivity contribution in [2.45, 2.75) is 38.3 Å². The van der Waals surface area contributed by atoms with Crippen LogP contribution in [-0.4, -0.2) is 38.5 Å². The zero-order valence-corrected chi connectivity index (χ0v) is 15.4. The number of hydrogen-bond acceptors (Lipinski definition) is 5. The van der Waals surface area contributed by atoms with Crippen LogP contribution in [0.4, 0.5) is 0 Å². The number of rotatable bonds is 4. The van der Waals surface area contributed by atoms with Crippen LogP contribution < -0.4 is 0 Å². The first-order valence-corrected chi connectivity index (χ1v) is 9.71. The predicted octanol–water partition coefficient (Wildman–Crippen LogP) is 4.03. The quantitative estimate of drug-likeness (QED) is 0.754. The number of para-hydroxylation sites is 1. The fraction of sp³-hybridized carbons (Fsp3) is 0.350. The van der Waals surface area contributed by atoms with Gasteiger partial charge in [0.25, 0.3) is 0 Å². The number of aliphatic carboxylic acids is 1. The number of likely N-dealkylation sites (tertiary alicyclic amines) is 1. The molecule has 134 valence electrons. The summed E-state index contributed by atoms with van der Waals surface area (Å²) in [5.41, 5.74) is 3.12. The number of thiazole rings is 1. The minimum absolute atomic E-state index is 0.156. The third-order valence-corrected chi connectivity index (χ3v) is 6.15. The molecule has 1 fully saturated rings. The highest BCUT2D eigenvalue weighted by atomic mass is 32.1. The van der Waals surface area contributed by atoms with Gasteiger partial charge in [0, 0.05) is 18.9 Å². The lowest BCUT2D eigenvalue weighted by atomic mass is 9.95. The second-order valence-electron chi connectivity index (χ2n) is 6.74. The van der Waals surface area contributed by atoms with Gasteiger partial charge < -0.3 is 5.11 Å². The van der Waals surface area contributed by atoms with Gasteiger partial charge in [0.15, 0.2) is 0 Å². The third kappa shape index (κ3) is 3.10. The van der Waals surface area contributed by atoms with E-state index in [0.717, 1.165) is 45.7 Å². The smallest absolute Gasteiger partial charge is 0.320 e. The van der Waals surface area contributed by atoms with Crippen molar-refractivity contribution in [1.29, 1.82) is 0 Å². The maximum atomic E-state index is 11.9. The maximum Gasteiger partial charge on any atom is 0.320 e. The van der Waals surface area contributed by atoms with Crippen LogP contribution in [-0.2, 0) is 4.79 Å².